The van der Waals surface area contributed by atoms with Crippen LogP contribution in [0.25, 0.3) is 0 Å². The van der Waals surface area contributed by atoms with Crippen molar-refractivity contribution in [2.45, 2.75) is 25.6 Å². The number of aromatic nitrogens is 1. The van der Waals surface area contributed by atoms with Gasteiger partial charge in [0, 0.05) is 32.0 Å². The van der Waals surface area contributed by atoms with Gasteiger partial charge in [0.2, 0.25) is 0 Å². The Morgan fingerprint density at radius 2 is 2.16 bits per heavy atom. The molecule has 0 aliphatic carbocycles. The van der Waals surface area contributed by atoms with Crippen LogP contribution in [0, 0.1) is 0 Å². The molecule has 0 spiro atoms. The summed E-state index contributed by atoms with van der Waals surface area (Å²) in [6.07, 6.45) is 2.36. The Hall–Kier alpha value is -1.66. The van der Waals surface area contributed by atoms with E-state index in [2.05, 4.69) is 10.3 Å². The van der Waals surface area contributed by atoms with E-state index >= 15 is 0 Å². The molecular formula is C13H19N3O3. The third-order valence-corrected chi connectivity index (χ3v) is 3.16. The molecule has 1 amide bonds. The average Bonchev–Trinajstić information content (AvgIpc) is 2.76. The Morgan fingerprint density at radius 1 is 1.47 bits per heavy atom. The highest BCUT2D eigenvalue weighted by atomic mass is 16.3. The molecule has 1 fully saturated rings. The summed E-state index contributed by atoms with van der Waals surface area (Å²) in [5.41, 5.74) is 1.20. The number of carbonyl (C=O) groups excluding carboxylic acids is 1. The molecule has 0 aromatic carbocycles. The number of aliphatic hydroxyl groups excluding tert-OH is 2. The molecule has 104 valence electrons. The molecule has 3 N–H and O–H groups in total. The Morgan fingerprint density at radius 3 is 2.79 bits per heavy atom. The summed E-state index contributed by atoms with van der Waals surface area (Å²) in [5.74, 6) is -0.220. The van der Waals surface area contributed by atoms with E-state index in [-0.39, 0.29) is 19.0 Å². The van der Waals surface area contributed by atoms with Gasteiger partial charge in [-0.1, -0.05) is 6.92 Å². The monoisotopic (exact) mass is 265 g/mol. The lowest BCUT2D eigenvalue weighted by molar-refractivity contribution is 0.0572. The number of carbonyl (C=O) groups is 1. The zero-order valence-electron chi connectivity index (χ0n) is 10.9. The highest BCUT2D eigenvalue weighted by molar-refractivity contribution is 5.99. The predicted molar refractivity (Wildman–Crippen MR) is 70.9 cm³/mol. The molecule has 1 aliphatic heterocycles. The average molecular weight is 265 g/mol. The van der Waals surface area contributed by atoms with E-state index in [4.69, 9.17) is 0 Å². The lowest BCUT2D eigenvalue weighted by Gasteiger charge is -2.17. The summed E-state index contributed by atoms with van der Waals surface area (Å²) in [6, 6.07) is 1.76. The highest BCUT2D eigenvalue weighted by Crippen LogP contribution is 2.19. The summed E-state index contributed by atoms with van der Waals surface area (Å²) in [7, 11) is 0. The van der Waals surface area contributed by atoms with Crippen molar-refractivity contribution in [1.82, 2.24) is 9.88 Å². The van der Waals surface area contributed by atoms with Crippen LogP contribution < -0.4 is 5.32 Å². The number of pyridine rings is 1. The molecule has 0 bridgehead atoms. The number of nitrogens with zero attached hydrogens (tertiary/aromatic N) is 2. The fourth-order valence-electron chi connectivity index (χ4n) is 2.08. The molecule has 2 atom stereocenters. The molecule has 0 saturated carbocycles. The second kappa shape index (κ2) is 5.99. The third-order valence-electron chi connectivity index (χ3n) is 3.16. The molecule has 2 heterocycles. The normalized spacial score (nSPS) is 22.6. The van der Waals surface area contributed by atoms with Crippen LogP contribution >= 0.6 is 0 Å². The van der Waals surface area contributed by atoms with E-state index in [9.17, 15) is 15.0 Å². The predicted octanol–water partition coefficient (Wildman–Crippen LogP) is 0.0811. The standard InChI is InChI=1S/C13H19N3O3/c1-2-4-15-10-3-5-14-6-9(10)13(19)16-7-11(17)12(18)8-16/h3,5-6,11-12,17-18H,2,4,7-8H2,1H3,(H,14,15). The minimum atomic E-state index is -0.868. The van der Waals surface area contributed by atoms with Crippen molar-refractivity contribution in [3.05, 3.63) is 24.0 Å². The number of hydrogen-bond acceptors (Lipinski definition) is 5. The molecule has 1 aromatic heterocycles. The molecule has 6 nitrogen and oxygen atoms in total. The van der Waals surface area contributed by atoms with E-state index < -0.39 is 12.2 Å². The number of likely N-dealkylation sites (tertiary alicyclic amines) is 1. The van der Waals surface area contributed by atoms with Gasteiger partial charge in [-0.2, -0.15) is 0 Å². The van der Waals surface area contributed by atoms with E-state index in [1.165, 1.54) is 11.1 Å². The van der Waals surface area contributed by atoms with E-state index in [1.54, 1.807) is 12.3 Å². The lowest BCUT2D eigenvalue weighted by atomic mass is 10.2. The lowest BCUT2D eigenvalue weighted by Crippen LogP contribution is -2.30. The van der Waals surface area contributed by atoms with Crippen molar-refractivity contribution in [2.24, 2.45) is 0 Å². The molecule has 1 aliphatic rings. The second-order valence-electron chi connectivity index (χ2n) is 4.69. The van der Waals surface area contributed by atoms with Crippen LogP contribution in [0.4, 0.5) is 5.69 Å². The van der Waals surface area contributed by atoms with Crippen LogP contribution in [0.2, 0.25) is 0 Å². The fraction of sp³-hybridized carbons (Fsp3) is 0.538. The van der Waals surface area contributed by atoms with Gasteiger partial charge in [0.15, 0.2) is 0 Å². The zero-order chi connectivity index (χ0) is 13.8. The highest BCUT2D eigenvalue weighted by Gasteiger charge is 2.33. The van der Waals surface area contributed by atoms with Gasteiger partial charge in [0.05, 0.1) is 23.5 Å². The molecule has 2 unspecified atom stereocenters. The number of aliphatic hydroxyl groups is 2. The van der Waals surface area contributed by atoms with Gasteiger partial charge >= 0.3 is 0 Å². The maximum atomic E-state index is 12.3. The molecule has 1 saturated heterocycles. The van der Waals surface area contributed by atoms with Crippen molar-refractivity contribution < 1.29 is 15.0 Å². The van der Waals surface area contributed by atoms with Gasteiger partial charge in [0.1, 0.15) is 0 Å². The Bertz CT molecular complexity index is 443. The van der Waals surface area contributed by atoms with Crippen molar-refractivity contribution in [1.29, 1.82) is 0 Å². The van der Waals surface area contributed by atoms with Gasteiger partial charge < -0.3 is 20.4 Å². The number of rotatable bonds is 4. The van der Waals surface area contributed by atoms with Crippen LogP contribution in [-0.2, 0) is 0 Å². The van der Waals surface area contributed by atoms with Crippen molar-refractivity contribution in [3.63, 3.8) is 0 Å². The largest absolute Gasteiger partial charge is 0.388 e. The Kier molecular flexibility index (Phi) is 4.34. The number of β-amino-alcohol motifs (C(OH)–C–C–N with tert-alkyl or cyclic N) is 2. The van der Waals surface area contributed by atoms with Crippen molar-refractivity contribution in [3.8, 4) is 0 Å². The Balaban J connectivity index is 2.15. The van der Waals surface area contributed by atoms with Crippen LogP contribution in [0.1, 0.15) is 23.7 Å². The van der Waals surface area contributed by atoms with Crippen LogP contribution in [0.3, 0.4) is 0 Å². The van der Waals surface area contributed by atoms with Gasteiger partial charge in [-0.3, -0.25) is 9.78 Å². The second-order valence-corrected chi connectivity index (χ2v) is 4.69. The van der Waals surface area contributed by atoms with E-state index in [0.29, 0.717) is 5.56 Å². The molecule has 19 heavy (non-hydrogen) atoms. The first-order valence-electron chi connectivity index (χ1n) is 6.46. The topological polar surface area (TPSA) is 85.7 Å². The number of anilines is 1. The van der Waals surface area contributed by atoms with Gasteiger partial charge in [0.25, 0.3) is 5.91 Å². The quantitative estimate of drug-likeness (QED) is 0.718. The smallest absolute Gasteiger partial charge is 0.257 e. The van der Waals surface area contributed by atoms with Crippen LogP contribution in [-0.4, -0.2) is 57.8 Å². The molecule has 1 aromatic rings. The van der Waals surface area contributed by atoms with E-state index in [0.717, 1.165) is 18.7 Å². The summed E-state index contributed by atoms with van der Waals surface area (Å²) >= 11 is 0. The number of hydrogen-bond donors (Lipinski definition) is 3. The van der Waals surface area contributed by atoms with Gasteiger partial charge in [-0.15, -0.1) is 0 Å². The van der Waals surface area contributed by atoms with Crippen LogP contribution in [0.5, 0.6) is 0 Å². The van der Waals surface area contributed by atoms with Gasteiger partial charge in [-0.05, 0) is 12.5 Å². The number of amides is 1. The molecule has 0 radical (unpaired) electrons. The maximum absolute atomic E-state index is 12.3. The summed E-state index contributed by atoms with van der Waals surface area (Å²) in [4.78, 5) is 17.8. The van der Waals surface area contributed by atoms with E-state index in [1.807, 2.05) is 6.92 Å². The fourth-order valence-corrected chi connectivity index (χ4v) is 2.08. The Labute approximate surface area is 112 Å². The zero-order valence-corrected chi connectivity index (χ0v) is 10.9. The van der Waals surface area contributed by atoms with Crippen molar-refractivity contribution in [2.75, 3.05) is 25.0 Å². The third kappa shape index (κ3) is 3.02. The summed E-state index contributed by atoms with van der Waals surface area (Å²) in [5, 5.41) is 22.2. The van der Waals surface area contributed by atoms with Crippen molar-refractivity contribution >= 4 is 11.6 Å². The molecular weight excluding hydrogens is 246 g/mol. The molecule has 6 heteroatoms. The first kappa shape index (κ1) is 13.8. The minimum absolute atomic E-state index is 0.155. The first-order chi connectivity index (χ1) is 9.13. The minimum Gasteiger partial charge on any atom is -0.388 e. The molecule has 2 rings (SSSR count). The number of nitrogens with one attached hydrogen (secondary N) is 1. The maximum Gasteiger partial charge on any atom is 0.257 e. The summed E-state index contributed by atoms with van der Waals surface area (Å²) < 4.78 is 0. The SMILES string of the molecule is CCCNc1ccncc1C(=O)N1CC(O)C(O)C1. The first-order valence-corrected chi connectivity index (χ1v) is 6.46. The van der Waals surface area contributed by atoms with Gasteiger partial charge in [-0.25, -0.2) is 0 Å². The summed E-state index contributed by atoms with van der Waals surface area (Å²) in [6.45, 7) is 3.13. The van der Waals surface area contributed by atoms with Crippen LogP contribution in [0.15, 0.2) is 18.5 Å².